The summed E-state index contributed by atoms with van der Waals surface area (Å²) in [6.45, 7) is 3.89. The molecule has 0 aliphatic heterocycles. The van der Waals surface area contributed by atoms with Gasteiger partial charge in [0.2, 0.25) is 5.91 Å². The first-order chi connectivity index (χ1) is 8.54. The van der Waals surface area contributed by atoms with Crippen LogP contribution in [-0.2, 0) is 4.79 Å². The fourth-order valence-electron chi connectivity index (χ4n) is 1.25. The molecule has 4 nitrogen and oxygen atoms in total. The first-order valence-electron chi connectivity index (χ1n) is 5.23. The van der Waals surface area contributed by atoms with E-state index >= 15 is 0 Å². The SMILES string of the molecule is Cc1nc(NC(=O)/C=C/c2ccc(Br)o2)sc1C. The smallest absolute Gasteiger partial charge is 0.250 e. The lowest BCUT2D eigenvalue weighted by atomic mass is 10.4. The Morgan fingerprint density at radius 3 is 2.83 bits per heavy atom. The molecule has 0 fully saturated rings. The maximum absolute atomic E-state index is 11.6. The predicted octanol–water partition coefficient (Wildman–Crippen LogP) is 3.77. The summed E-state index contributed by atoms with van der Waals surface area (Å²) < 4.78 is 5.88. The highest BCUT2D eigenvalue weighted by molar-refractivity contribution is 9.10. The fourth-order valence-corrected chi connectivity index (χ4v) is 2.39. The van der Waals surface area contributed by atoms with Gasteiger partial charge in [-0.1, -0.05) is 0 Å². The van der Waals surface area contributed by atoms with Crippen molar-refractivity contribution in [2.45, 2.75) is 13.8 Å². The summed E-state index contributed by atoms with van der Waals surface area (Å²) in [7, 11) is 0. The summed E-state index contributed by atoms with van der Waals surface area (Å²) >= 11 is 4.65. The van der Waals surface area contributed by atoms with Gasteiger partial charge < -0.3 is 4.42 Å². The molecular weight excluding hydrogens is 316 g/mol. The minimum atomic E-state index is -0.226. The van der Waals surface area contributed by atoms with Crippen LogP contribution in [0.3, 0.4) is 0 Å². The number of furan rings is 1. The quantitative estimate of drug-likeness (QED) is 0.873. The third kappa shape index (κ3) is 3.30. The molecule has 2 aromatic heterocycles. The van der Waals surface area contributed by atoms with Crippen molar-refractivity contribution in [3.05, 3.63) is 39.2 Å². The maximum Gasteiger partial charge on any atom is 0.250 e. The minimum Gasteiger partial charge on any atom is -0.450 e. The third-order valence-corrected chi connectivity index (χ3v) is 3.67. The highest BCUT2D eigenvalue weighted by Gasteiger charge is 2.05. The molecule has 0 saturated carbocycles. The molecular formula is C12H11BrN2O2S. The van der Waals surface area contributed by atoms with Crippen LogP contribution in [0.5, 0.6) is 0 Å². The second-order valence-corrected chi connectivity index (χ2v) is 5.61. The maximum atomic E-state index is 11.6. The highest BCUT2D eigenvalue weighted by Crippen LogP contribution is 2.21. The summed E-state index contributed by atoms with van der Waals surface area (Å²) in [5, 5.41) is 3.32. The fraction of sp³-hybridized carbons (Fsp3) is 0.167. The van der Waals surface area contributed by atoms with Gasteiger partial charge in [0, 0.05) is 11.0 Å². The number of thiazole rings is 1. The summed E-state index contributed by atoms with van der Waals surface area (Å²) in [5.41, 5.74) is 0.939. The van der Waals surface area contributed by atoms with Crippen molar-refractivity contribution >= 4 is 44.4 Å². The third-order valence-electron chi connectivity index (χ3n) is 2.25. The van der Waals surface area contributed by atoms with E-state index in [0.717, 1.165) is 10.6 Å². The van der Waals surface area contributed by atoms with Crippen LogP contribution >= 0.6 is 27.3 Å². The average molecular weight is 327 g/mol. The van der Waals surface area contributed by atoms with Crippen LogP contribution in [0.2, 0.25) is 0 Å². The van der Waals surface area contributed by atoms with Gasteiger partial charge in [-0.3, -0.25) is 10.1 Å². The van der Waals surface area contributed by atoms with E-state index in [-0.39, 0.29) is 5.91 Å². The van der Waals surface area contributed by atoms with Gasteiger partial charge in [-0.15, -0.1) is 11.3 Å². The number of nitrogens with zero attached hydrogens (tertiary/aromatic N) is 1. The van der Waals surface area contributed by atoms with E-state index in [1.54, 1.807) is 18.2 Å². The zero-order valence-corrected chi connectivity index (χ0v) is 12.3. The van der Waals surface area contributed by atoms with Crippen molar-refractivity contribution in [3.63, 3.8) is 0 Å². The number of anilines is 1. The Kier molecular flexibility index (Phi) is 3.98. The Hall–Kier alpha value is -1.40. The molecule has 0 atom stereocenters. The summed E-state index contributed by atoms with van der Waals surface area (Å²) in [6.07, 6.45) is 3.02. The van der Waals surface area contributed by atoms with Gasteiger partial charge in [-0.2, -0.15) is 0 Å². The van der Waals surface area contributed by atoms with E-state index in [0.29, 0.717) is 15.6 Å². The van der Waals surface area contributed by atoms with Crippen molar-refractivity contribution in [2.24, 2.45) is 0 Å². The second-order valence-electron chi connectivity index (χ2n) is 3.63. The van der Waals surface area contributed by atoms with Crippen LogP contribution < -0.4 is 5.32 Å². The van der Waals surface area contributed by atoms with Crippen molar-refractivity contribution in [3.8, 4) is 0 Å². The number of halogens is 1. The van der Waals surface area contributed by atoms with E-state index in [1.807, 2.05) is 13.8 Å². The molecule has 0 unspecified atom stereocenters. The number of carbonyl (C=O) groups excluding carboxylic acids is 1. The number of aryl methyl sites for hydroxylation is 2. The molecule has 0 aromatic carbocycles. The number of carbonyl (C=O) groups is 1. The number of hydrogen-bond donors (Lipinski definition) is 1. The van der Waals surface area contributed by atoms with Crippen molar-refractivity contribution in [1.82, 2.24) is 4.98 Å². The van der Waals surface area contributed by atoms with Gasteiger partial charge in [0.1, 0.15) is 5.76 Å². The molecule has 6 heteroatoms. The average Bonchev–Trinajstić information content (AvgIpc) is 2.84. The monoisotopic (exact) mass is 326 g/mol. The molecule has 1 N–H and O–H groups in total. The molecule has 0 radical (unpaired) electrons. The Bertz CT molecular complexity index is 581. The zero-order valence-electron chi connectivity index (χ0n) is 9.86. The predicted molar refractivity (Wildman–Crippen MR) is 75.7 cm³/mol. The van der Waals surface area contributed by atoms with Crippen LogP contribution in [0.4, 0.5) is 5.13 Å². The van der Waals surface area contributed by atoms with Crippen LogP contribution in [-0.4, -0.2) is 10.9 Å². The molecule has 18 heavy (non-hydrogen) atoms. The first-order valence-corrected chi connectivity index (χ1v) is 6.84. The standard InChI is InChI=1S/C12H11BrN2O2S/c1-7-8(2)18-12(14-7)15-11(16)6-4-9-3-5-10(13)17-9/h3-6H,1-2H3,(H,14,15,16)/b6-4+. The normalized spacial score (nSPS) is 11.1. The largest absolute Gasteiger partial charge is 0.450 e. The van der Waals surface area contributed by atoms with E-state index in [2.05, 4.69) is 26.2 Å². The van der Waals surface area contributed by atoms with E-state index in [4.69, 9.17) is 4.42 Å². The molecule has 0 aliphatic carbocycles. The summed E-state index contributed by atoms with van der Waals surface area (Å²) in [6, 6.07) is 3.54. The van der Waals surface area contributed by atoms with Crippen LogP contribution in [0, 0.1) is 13.8 Å². The van der Waals surface area contributed by atoms with Crippen molar-refractivity contribution in [2.75, 3.05) is 5.32 Å². The molecule has 0 aliphatic rings. The Morgan fingerprint density at radius 2 is 2.28 bits per heavy atom. The van der Waals surface area contributed by atoms with Gasteiger partial charge in [-0.05, 0) is 48.0 Å². The lowest BCUT2D eigenvalue weighted by Crippen LogP contribution is -2.07. The van der Waals surface area contributed by atoms with E-state index < -0.39 is 0 Å². The van der Waals surface area contributed by atoms with Crippen molar-refractivity contribution < 1.29 is 9.21 Å². The van der Waals surface area contributed by atoms with E-state index in [9.17, 15) is 4.79 Å². The molecule has 0 saturated heterocycles. The first kappa shape index (κ1) is 13.0. The number of amides is 1. The van der Waals surface area contributed by atoms with Crippen LogP contribution in [0.25, 0.3) is 6.08 Å². The van der Waals surface area contributed by atoms with Crippen LogP contribution in [0.1, 0.15) is 16.3 Å². The number of nitrogens with one attached hydrogen (secondary N) is 1. The Labute approximate surface area is 117 Å². The molecule has 2 aromatic rings. The number of aromatic nitrogens is 1. The minimum absolute atomic E-state index is 0.226. The molecule has 0 bridgehead atoms. The van der Waals surface area contributed by atoms with Gasteiger partial charge in [-0.25, -0.2) is 4.98 Å². The van der Waals surface area contributed by atoms with Gasteiger partial charge in [0.25, 0.3) is 0 Å². The Balaban J connectivity index is 1.98. The summed E-state index contributed by atoms with van der Waals surface area (Å²) in [5.74, 6) is 0.389. The lowest BCUT2D eigenvalue weighted by molar-refractivity contribution is -0.111. The van der Waals surface area contributed by atoms with Gasteiger partial charge >= 0.3 is 0 Å². The Morgan fingerprint density at radius 1 is 1.50 bits per heavy atom. The molecule has 1 amide bonds. The molecule has 94 valence electrons. The lowest BCUT2D eigenvalue weighted by Gasteiger charge is -1.94. The van der Waals surface area contributed by atoms with Crippen molar-refractivity contribution in [1.29, 1.82) is 0 Å². The second kappa shape index (κ2) is 5.49. The summed E-state index contributed by atoms with van der Waals surface area (Å²) in [4.78, 5) is 17.0. The zero-order chi connectivity index (χ0) is 13.1. The topological polar surface area (TPSA) is 55.1 Å². The van der Waals surface area contributed by atoms with Crippen LogP contribution in [0.15, 0.2) is 27.3 Å². The highest BCUT2D eigenvalue weighted by atomic mass is 79.9. The molecule has 0 spiro atoms. The van der Waals surface area contributed by atoms with Gasteiger partial charge in [0.15, 0.2) is 9.80 Å². The van der Waals surface area contributed by atoms with Gasteiger partial charge in [0.05, 0.1) is 5.69 Å². The molecule has 2 rings (SSSR count). The van der Waals surface area contributed by atoms with E-state index in [1.165, 1.54) is 17.4 Å². The number of hydrogen-bond acceptors (Lipinski definition) is 4. The number of rotatable bonds is 3. The molecule has 2 heterocycles.